The lowest BCUT2D eigenvalue weighted by Crippen LogP contribution is -2.30. The zero-order valence-corrected chi connectivity index (χ0v) is 11.1. The molecule has 0 aliphatic carbocycles. The van der Waals surface area contributed by atoms with Gasteiger partial charge in [0.2, 0.25) is 5.91 Å². The van der Waals surface area contributed by atoms with Crippen LogP contribution in [0.2, 0.25) is 0 Å². The minimum absolute atomic E-state index is 0.0480. The Kier molecular flexibility index (Phi) is 6.28. The van der Waals surface area contributed by atoms with Gasteiger partial charge in [0, 0.05) is 17.9 Å². The maximum atomic E-state index is 11.5. The quantitative estimate of drug-likeness (QED) is 0.742. The van der Waals surface area contributed by atoms with Crippen molar-refractivity contribution in [2.45, 2.75) is 18.2 Å². The SMILES string of the molecule is CC(CNC(=O)CSc1ccccc1)CC(=O)O. The van der Waals surface area contributed by atoms with Crippen molar-refractivity contribution in [3.8, 4) is 0 Å². The molecule has 1 aromatic carbocycles. The summed E-state index contributed by atoms with van der Waals surface area (Å²) in [4.78, 5) is 23.0. The van der Waals surface area contributed by atoms with Gasteiger partial charge in [0.25, 0.3) is 0 Å². The number of thioether (sulfide) groups is 1. The number of amides is 1. The third-order valence-corrected chi connectivity index (χ3v) is 3.30. The lowest BCUT2D eigenvalue weighted by molar-refractivity contribution is -0.138. The number of carbonyl (C=O) groups excluding carboxylic acids is 1. The van der Waals surface area contributed by atoms with Crippen LogP contribution in [0.4, 0.5) is 0 Å². The molecule has 1 unspecified atom stereocenters. The highest BCUT2D eigenvalue weighted by atomic mass is 32.2. The molecule has 0 spiro atoms. The van der Waals surface area contributed by atoms with Crippen LogP contribution in [0.25, 0.3) is 0 Å². The molecule has 0 fully saturated rings. The number of aliphatic carboxylic acids is 1. The Hall–Kier alpha value is -1.49. The fourth-order valence-electron chi connectivity index (χ4n) is 1.37. The Morgan fingerprint density at radius 3 is 2.61 bits per heavy atom. The van der Waals surface area contributed by atoms with Gasteiger partial charge in [0.15, 0.2) is 0 Å². The first-order chi connectivity index (χ1) is 8.58. The van der Waals surface area contributed by atoms with E-state index in [1.807, 2.05) is 30.3 Å². The molecule has 1 rings (SSSR count). The second kappa shape index (κ2) is 7.76. The Morgan fingerprint density at radius 1 is 1.33 bits per heavy atom. The molecule has 18 heavy (non-hydrogen) atoms. The zero-order valence-electron chi connectivity index (χ0n) is 10.3. The lowest BCUT2D eigenvalue weighted by Gasteiger charge is -2.10. The molecule has 0 saturated carbocycles. The molecular weight excluding hydrogens is 250 g/mol. The van der Waals surface area contributed by atoms with Crippen LogP contribution >= 0.6 is 11.8 Å². The largest absolute Gasteiger partial charge is 0.481 e. The molecule has 4 nitrogen and oxygen atoms in total. The lowest BCUT2D eigenvalue weighted by atomic mass is 10.1. The second-order valence-electron chi connectivity index (χ2n) is 4.11. The Bertz CT molecular complexity index is 394. The van der Waals surface area contributed by atoms with Crippen LogP contribution < -0.4 is 5.32 Å². The Balaban J connectivity index is 2.20. The summed E-state index contributed by atoms with van der Waals surface area (Å²) in [5.41, 5.74) is 0. The number of carbonyl (C=O) groups is 2. The summed E-state index contributed by atoms with van der Waals surface area (Å²) in [6.07, 6.45) is 0.0755. The second-order valence-corrected chi connectivity index (χ2v) is 5.16. The zero-order chi connectivity index (χ0) is 13.4. The molecular formula is C13H17NO3S. The standard InChI is InChI=1S/C13H17NO3S/c1-10(7-13(16)17)8-14-12(15)9-18-11-5-3-2-4-6-11/h2-6,10H,7-9H2,1H3,(H,14,15)(H,16,17). The van der Waals surface area contributed by atoms with Gasteiger partial charge in [-0.1, -0.05) is 25.1 Å². The van der Waals surface area contributed by atoms with Gasteiger partial charge in [-0.3, -0.25) is 9.59 Å². The molecule has 0 heterocycles. The Labute approximate surface area is 111 Å². The minimum Gasteiger partial charge on any atom is -0.481 e. The average Bonchev–Trinajstić information content (AvgIpc) is 2.34. The minimum atomic E-state index is -0.838. The van der Waals surface area contributed by atoms with Crippen molar-refractivity contribution in [3.63, 3.8) is 0 Å². The van der Waals surface area contributed by atoms with Gasteiger partial charge < -0.3 is 10.4 Å². The maximum Gasteiger partial charge on any atom is 0.303 e. The average molecular weight is 267 g/mol. The molecule has 1 atom stereocenters. The topological polar surface area (TPSA) is 66.4 Å². The fourth-order valence-corrected chi connectivity index (χ4v) is 2.12. The summed E-state index contributed by atoms with van der Waals surface area (Å²) in [7, 11) is 0. The molecule has 1 amide bonds. The molecule has 98 valence electrons. The van der Waals surface area contributed by atoms with Crippen LogP contribution in [0, 0.1) is 5.92 Å². The van der Waals surface area contributed by atoms with Crippen molar-refractivity contribution >= 4 is 23.6 Å². The summed E-state index contributed by atoms with van der Waals surface area (Å²) in [6.45, 7) is 2.21. The van der Waals surface area contributed by atoms with Crippen LogP contribution in [0.15, 0.2) is 35.2 Å². The van der Waals surface area contributed by atoms with Crippen LogP contribution in [0.1, 0.15) is 13.3 Å². The first-order valence-corrected chi connectivity index (χ1v) is 6.73. The molecule has 5 heteroatoms. The molecule has 1 aromatic rings. The van der Waals surface area contributed by atoms with Crippen molar-refractivity contribution in [1.29, 1.82) is 0 Å². The molecule has 0 radical (unpaired) electrons. The molecule has 0 saturated heterocycles. The van der Waals surface area contributed by atoms with Crippen molar-refractivity contribution < 1.29 is 14.7 Å². The highest BCUT2D eigenvalue weighted by Gasteiger charge is 2.09. The fraction of sp³-hybridized carbons (Fsp3) is 0.385. The van der Waals surface area contributed by atoms with E-state index in [1.165, 1.54) is 11.8 Å². The van der Waals surface area contributed by atoms with Crippen LogP contribution in [0.5, 0.6) is 0 Å². The summed E-state index contributed by atoms with van der Waals surface area (Å²) >= 11 is 1.47. The molecule has 2 N–H and O–H groups in total. The van der Waals surface area contributed by atoms with Crippen LogP contribution in [0.3, 0.4) is 0 Å². The molecule has 0 aliphatic rings. The maximum absolute atomic E-state index is 11.5. The van der Waals surface area contributed by atoms with E-state index in [1.54, 1.807) is 6.92 Å². The molecule has 0 aromatic heterocycles. The predicted octanol–water partition coefficient (Wildman–Crippen LogP) is 2.01. The van der Waals surface area contributed by atoms with Gasteiger partial charge in [0.1, 0.15) is 0 Å². The van der Waals surface area contributed by atoms with Gasteiger partial charge in [0.05, 0.1) is 5.75 Å². The van der Waals surface area contributed by atoms with Gasteiger partial charge in [-0.05, 0) is 18.1 Å². The van der Waals surface area contributed by atoms with Crippen molar-refractivity contribution in [2.24, 2.45) is 5.92 Å². The predicted molar refractivity (Wildman–Crippen MR) is 71.6 cm³/mol. The first-order valence-electron chi connectivity index (χ1n) is 5.74. The van der Waals surface area contributed by atoms with Crippen molar-refractivity contribution in [3.05, 3.63) is 30.3 Å². The molecule has 0 bridgehead atoms. The van der Waals surface area contributed by atoms with Gasteiger partial charge in [-0.15, -0.1) is 11.8 Å². The van der Waals surface area contributed by atoms with Crippen molar-refractivity contribution in [2.75, 3.05) is 12.3 Å². The summed E-state index contributed by atoms with van der Waals surface area (Å²) in [6, 6.07) is 9.68. The number of carboxylic acids is 1. The number of hydrogen-bond donors (Lipinski definition) is 2. The van der Waals surface area contributed by atoms with Gasteiger partial charge in [-0.2, -0.15) is 0 Å². The number of carboxylic acid groups (broad SMARTS) is 1. The van der Waals surface area contributed by atoms with E-state index >= 15 is 0 Å². The highest BCUT2D eigenvalue weighted by Crippen LogP contribution is 2.16. The number of hydrogen-bond acceptors (Lipinski definition) is 3. The smallest absolute Gasteiger partial charge is 0.303 e. The third kappa shape index (κ3) is 6.30. The van der Waals surface area contributed by atoms with E-state index in [9.17, 15) is 9.59 Å². The van der Waals surface area contributed by atoms with Gasteiger partial charge in [-0.25, -0.2) is 0 Å². The van der Waals surface area contributed by atoms with Crippen molar-refractivity contribution in [1.82, 2.24) is 5.32 Å². The van der Waals surface area contributed by atoms with Crippen LogP contribution in [-0.4, -0.2) is 29.3 Å². The van der Waals surface area contributed by atoms with E-state index in [-0.39, 0.29) is 18.2 Å². The Morgan fingerprint density at radius 2 is 2.00 bits per heavy atom. The summed E-state index contributed by atoms with van der Waals surface area (Å²) < 4.78 is 0. The summed E-state index contributed by atoms with van der Waals surface area (Å²) in [5.74, 6) is -0.603. The van der Waals surface area contributed by atoms with E-state index < -0.39 is 5.97 Å². The van der Waals surface area contributed by atoms with E-state index in [4.69, 9.17) is 5.11 Å². The third-order valence-electron chi connectivity index (χ3n) is 2.28. The van der Waals surface area contributed by atoms with Crippen LogP contribution in [-0.2, 0) is 9.59 Å². The number of nitrogens with one attached hydrogen (secondary N) is 1. The first kappa shape index (κ1) is 14.6. The van der Waals surface area contributed by atoms with E-state index in [0.29, 0.717) is 12.3 Å². The normalized spacial score (nSPS) is 11.8. The number of benzene rings is 1. The van der Waals surface area contributed by atoms with Gasteiger partial charge >= 0.3 is 5.97 Å². The van der Waals surface area contributed by atoms with E-state index in [0.717, 1.165) is 4.90 Å². The molecule has 0 aliphatic heterocycles. The highest BCUT2D eigenvalue weighted by molar-refractivity contribution is 8.00. The summed E-state index contributed by atoms with van der Waals surface area (Å²) in [5, 5.41) is 11.3. The number of rotatable bonds is 7. The monoisotopic (exact) mass is 267 g/mol. The van der Waals surface area contributed by atoms with E-state index in [2.05, 4.69) is 5.32 Å².